The topological polar surface area (TPSA) is 54.7 Å². The van der Waals surface area contributed by atoms with Gasteiger partial charge in [0.25, 0.3) is 0 Å². The monoisotopic (exact) mass is 265 g/mol. The van der Waals surface area contributed by atoms with Gasteiger partial charge >= 0.3 is 0 Å². The van der Waals surface area contributed by atoms with Crippen molar-refractivity contribution in [2.45, 2.75) is 32.2 Å². The van der Waals surface area contributed by atoms with Crippen LogP contribution in [0.3, 0.4) is 0 Å². The van der Waals surface area contributed by atoms with Crippen molar-refractivity contribution < 1.29 is 8.78 Å². The van der Waals surface area contributed by atoms with Gasteiger partial charge in [-0.05, 0) is 31.0 Å². The van der Waals surface area contributed by atoms with Gasteiger partial charge < -0.3 is 10.7 Å². The van der Waals surface area contributed by atoms with Gasteiger partial charge in [0.05, 0.1) is 17.4 Å². The number of imidazole rings is 1. The van der Waals surface area contributed by atoms with Crippen molar-refractivity contribution in [2.75, 3.05) is 0 Å². The molecule has 19 heavy (non-hydrogen) atoms. The Balaban J connectivity index is 2.38. The Morgan fingerprint density at radius 2 is 1.89 bits per heavy atom. The summed E-state index contributed by atoms with van der Waals surface area (Å²) in [6.45, 7) is 3.98. The summed E-state index contributed by atoms with van der Waals surface area (Å²) in [5.41, 5.74) is 6.90. The van der Waals surface area contributed by atoms with Crippen LogP contribution in [-0.4, -0.2) is 9.97 Å². The quantitative estimate of drug-likeness (QED) is 0.891. The summed E-state index contributed by atoms with van der Waals surface area (Å²) in [5.74, 6) is -1.07. The van der Waals surface area contributed by atoms with E-state index in [1.54, 1.807) is 6.20 Å². The normalized spacial score (nSPS) is 11.8. The highest BCUT2D eigenvalue weighted by Gasteiger charge is 2.26. The second-order valence-corrected chi connectivity index (χ2v) is 4.64. The van der Waals surface area contributed by atoms with E-state index in [2.05, 4.69) is 9.97 Å². The summed E-state index contributed by atoms with van der Waals surface area (Å²) < 4.78 is 26.1. The third kappa shape index (κ3) is 2.51. The van der Waals surface area contributed by atoms with E-state index in [9.17, 15) is 8.78 Å². The maximum atomic E-state index is 13.2. The minimum Gasteiger partial charge on any atom is -0.340 e. The molecule has 0 saturated carbocycles. The Bertz CT molecular complexity index is 574. The molecule has 0 aliphatic heterocycles. The van der Waals surface area contributed by atoms with E-state index in [0.717, 1.165) is 25.0 Å². The largest absolute Gasteiger partial charge is 0.340 e. The van der Waals surface area contributed by atoms with Crippen LogP contribution in [0.2, 0.25) is 0 Å². The van der Waals surface area contributed by atoms with Gasteiger partial charge in [-0.1, -0.05) is 13.8 Å². The highest BCUT2D eigenvalue weighted by atomic mass is 19.2. The van der Waals surface area contributed by atoms with Gasteiger partial charge in [-0.25, -0.2) is 13.8 Å². The molecule has 1 aromatic heterocycles. The molecule has 0 aliphatic rings. The Morgan fingerprint density at radius 1 is 1.21 bits per heavy atom. The molecule has 1 heterocycles. The van der Waals surface area contributed by atoms with Crippen molar-refractivity contribution in [3.8, 4) is 11.3 Å². The van der Waals surface area contributed by atoms with Gasteiger partial charge in [0.15, 0.2) is 11.6 Å². The smallest absolute Gasteiger partial charge is 0.159 e. The predicted octanol–water partition coefficient (Wildman–Crippen LogP) is 3.33. The van der Waals surface area contributed by atoms with Crippen LogP contribution >= 0.6 is 0 Å². The number of nitrogens with two attached hydrogens (primary N) is 1. The predicted molar refractivity (Wildman–Crippen MR) is 70.4 cm³/mol. The van der Waals surface area contributed by atoms with Crippen molar-refractivity contribution in [3.05, 3.63) is 41.9 Å². The third-order valence-electron chi connectivity index (χ3n) is 3.54. The van der Waals surface area contributed by atoms with Crippen molar-refractivity contribution in [1.82, 2.24) is 9.97 Å². The molecule has 2 aromatic rings. The molecule has 0 saturated heterocycles. The van der Waals surface area contributed by atoms with Gasteiger partial charge in [0, 0.05) is 5.56 Å². The molecular weight excluding hydrogens is 248 g/mol. The van der Waals surface area contributed by atoms with Crippen LogP contribution in [0.5, 0.6) is 0 Å². The number of rotatable bonds is 4. The molecule has 0 bridgehead atoms. The average molecular weight is 265 g/mol. The van der Waals surface area contributed by atoms with E-state index in [4.69, 9.17) is 5.73 Å². The standard InChI is InChI=1S/C14H17F2N3/c1-3-14(17,4-2)13-18-8-12(19-13)9-5-6-10(15)11(16)7-9/h5-8H,3-4,17H2,1-2H3,(H,18,19). The summed E-state index contributed by atoms with van der Waals surface area (Å²) in [7, 11) is 0. The first-order valence-corrected chi connectivity index (χ1v) is 6.30. The number of aromatic amines is 1. The second-order valence-electron chi connectivity index (χ2n) is 4.64. The van der Waals surface area contributed by atoms with Gasteiger partial charge in [-0.15, -0.1) is 0 Å². The maximum Gasteiger partial charge on any atom is 0.159 e. The Hall–Kier alpha value is -1.75. The lowest BCUT2D eigenvalue weighted by Gasteiger charge is -2.23. The summed E-state index contributed by atoms with van der Waals surface area (Å²) >= 11 is 0. The van der Waals surface area contributed by atoms with E-state index >= 15 is 0 Å². The Kier molecular flexibility index (Phi) is 3.66. The molecule has 0 spiro atoms. The van der Waals surface area contributed by atoms with Gasteiger partial charge in [0.1, 0.15) is 5.82 Å². The van der Waals surface area contributed by atoms with E-state index in [1.807, 2.05) is 13.8 Å². The van der Waals surface area contributed by atoms with E-state index in [-0.39, 0.29) is 0 Å². The van der Waals surface area contributed by atoms with Gasteiger partial charge in [-0.3, -0.25) is 0 Å². The zero-order valence-corrected chi connectivity index (χ0v) is 11.0. The number of H-pyrrole nitrogens is 1. The number of nitrogens with one attached hydrogen (secondary N) is 1. The Labute approximate surface area is 110 Å². The molecule has 0 aliphatic carbocycles. The number of benzene rings is 1. The SMILES string of the molecule is CCC(N)(CC)c1ncc(-c2ccc(F)c(F)c2)[nH]1. The lowest BCUT2D eigenvalue weighted by molar-refractivity contribution is 0.391. The molecule has 0 radical (unpaired) electrons. The van der Waals surface area contributed by atoms with Crippen molar-refractivity contribution in [2.24, 2.45) is 5.73 Å². The summed E-state index contributed by atoms with van der Waals surface area (Å²) in [6, 6.07) is 3.75. The van der Waals surface area contributed by atoms with Crippen molar-refractivity contribution in [1.29, 1.82) is 0 Å². The van der Waals surface area contributed by atoms with E-state index in [0.29, 0.717) is 17.1 Å². The molecule has 0 fully saturated rings. The minimum atomic E-state index is -0.876. The summed E-state index contributed by atoms with van der Waals surface area (Å²) in [4.78, 5) is 7.36. The maximum absolute atomic E-state index is 13.2. The Morgan fingerprint density at radius 3 is 2.47 bits per heavy atom. The number of halogens is 2. The van der Waals surface area contributed by atoms with Gasteiger partial charge in [-0.2, -0.15) is 0 Å². The number of hydrogen-bond donors (Lipinski definition) is 2. The van der Waals surface area contributed by atoms with Crippen LogP contribution < -0.4 is 5.73 Å². The number of hydrogen-bond acceptors (Lipinski definition) is 2. The van der Waals surface area contributed by atoms with Crippen LogP contribution in [0, 0.1) is 11.6 Å². The molecule has 1 aromatic carbocycles. The fourth-order valence-corrected chi connectivity index (χ4v) is 1.97. The highest BCUT2D eigenvalue weighted by molar-refractivity contribution is 5.58. The van der Waals surface area contributed by atoms with Crippen LogP contribution in [0.1, 0.15) is 32.5 Å². The van der Waals surface area contributed by atoms with Crippen LogP contribution in [-0.2, 0) is 5.54 Å². The zero-order chi connectivity index (χ0) is 14.0. The molecular formula is C14H17F2N3. The molecule has 102 valence electrons. The molecule has 3 N–H and O–H groups in total. The molecule has 0 amide bonds. The minimum absolute atomic E-state index is 0.517. The lowest BCUT2D eigenvalue weighted by atomic mass is 9.93. The van der Waals surface area contributed by atoms with E-state index < -0.39 is 17.2 Å². The van der Waals surface area contributed by atoms with Crippen LogP contribution in [0.4, 0.5) is 8.78 Å². The van der Waals surface area contributed by atoms with Crippen molar-refractivity contribution in [3.63, 3.8) is 0 Å². The van der Waals surface area contributed by atoms with Crippen LogP contribution in [0.25, 0.3) is 11.3 Å². The molecule has 0 atom stereocenters. The number of nitrogens with zero attached hydrogens (tertiary/aromatic N) is 1. The fraction of sp³-hybridized carbons (Fsp3) is 0.357. The van der Waals surface area contributed by atoms with Crippen molar-refractivity contribution >= 4 is 0 Å². The second kappa shape index (κ2) is 5.09. The average Bonchev–Trinajstić information content (AvgIpc) is 2.91. The number of aromatic nitrogens is 2. The third-order valence-corrected chi connectivity index (χ3v) is 3.54. The zero-order valence-electron chi connectivity index (χ0n) is 11.0. The molecule has 0 unspecified atom stereocenters. The lowest BCUT2D eigenvalue weighted by Crippen LogP contribution is -2.36. The molecule has 3 nitrogen and oxygen atoms in total. The summed E-state index contributed by atoms with van der Waals surface area (Å²) in [5, 5.41) is 0. The first kappa shape index (κ1) is 13.7. The summed E-state index contributed by atoms with van der Waals surface area (Å²) in [6.07, 6.45) is 3.08. The van der Waals surface area contributed by atoms with Crippen LogP contribution in [0.15, 0.2) is 24.4 Å². The highest BCUT2D eigenvalue weighted by Crippen LogP contribution is 2.26. The van der Waals surface area contributed by atoms with Gasteiger partial charge in [0.2, 0.25) is 0 Å². The first-order chi connectivity index (χ1) is 9.00. The van der Waals surface area contributed by atoms with E-state index in [1.165, 1.54) is 6.07 Å². The molecule has 2 rings (SSSR count). The first-order valence-electron chi connectivity index (χ1n) is 6.30. The molecule has 5 heteroatoms. The fourth-order valence-electron chi connectivity index (χ4n) is 1.97.